The van der Waals surface area contributed by atoms with Gasteiger partial charge in [0.05, 0.1) is 13.2 Å². The number of anilines is 1. The summed E-state index contributed by atoms with van der Waals surface area (Å²) in [5.41, 5.74) is 9.49. The van der Waals surface area contributed by atoms with E-state index in [1.54, 1.807) is 24.3 Å². The Hall–Kier alpha value is -2.86. The lowest BCUT2D eigenvalue weighted by Crippen LogP contribution is -2.09. The maximum atomic E-state index is 11.9. The standard InChI is InChI=1S/C25H33NO5/c1-4-7-19-13-18(23(29)16-27)9-10-24(19)31-12-6-11-30-21-14-20(8-5-2)25(17(3)28)22(26)15-21/h9-10,13-15,27H,4-8,11-12,16,26H2,1-3H3. The van der Waals surface area contributed by atoms with Crippen LogP contribution in [0.15, 0.2) is 30.3 Å². The van der Waals surface area contributed by atoms with Gasteiger partial charge in [-0.2, -0.15) is 0 Å². The lowest BCUT2D eigenvalue weighted by atomic mass is 9.98. The molecule has 0 aromatic heterocycles. The summed E-state index contributed by atoms with van der Waals surface area (Å²) in [6, 6.07) is 8.86. The van der Waals surface area contributed by atoms with Crippen molar-refractivity contribution in [2.24, 2.45) is 0 Å². The van der Waals surface area contributed by atoms with Crippen molar-refractivity contribution in [3.8, 4) is 11.5 Å². The number of carbonyl (C=O) groups excluding carboxylic acids is 2. The minimum Gasteiger partial charge on any atom is -0.493 e. The molecule has 2 rings (SSSR count). The lowest BCUT2D eigenvalue weighted by Gasteiger charge is -2.15. The summed E-state index contributed by atoms with van der Waals surface area (Å²) in [4.78, 5) is 23.6. The molecule has 6 nitrogen and oxygen atoms in total. The van der Waals surface area contributed by atoms with Crippen molar-refractivity contribution in [1.82, 2.24) is 0 Å². The topological polar surface area (TPSA) is 98.8 Å². The normalized spacial score (nSPS) is 10.7. The molecule has 31 heavy (non-hydrogen) atoms. The number of ketones is 2. The van der Waals surface area contributed by atoms with Gasteiger partial charge in [-0.15, -0.1) is 0 Å². The molecule has 0 aliphatic carbocycles. The van der Waals surface area contributed by atoms with Gasteiger partial charge in [0.25, 0.3) is 0 Å². The smallest absolute Gasteiger partial charge is 0.188 e. The lowest BCUT2D eigenvalue weighted by molar-refractivity contribution is 0.0903. The summed E-state index contributed by atoms with van der Waals surface area (Å²) in [6.07, 6.45) is 4.07. The van der Waals surface area contributed by atoms with E-state index < -0.39 is 6.61 Å². The van der Waals surface area contributed by atoms with Crippen LogP contribution in [-0.2, 0) is 12.8 Å². The van der Waals surface area contributed by atoms with Crippen LogP contribution in [0.25, 0.3) is 0 Å². The Labute approximate surface area is 184 Å². The molecule has 0 unspecified atom stereocenters. The van der Waals surface area contributed by atoms with E-state index in [1.165, 1.54) is 6.92 Å². The third-order valence-electron chi connectivity index (χ3n) is 4.96. The van der Waals surface area contributed by atoms with Crippen LogP contribution in [0.1, 0.15) is 71.9 Å². The van der Waals surface area contributed by atoms with Crippen molar-refractivity contribution in [3.63, 3.8) is 0 Å². The van der Waals surface area contributed by atoms with Crippen LogP contribution in [0.2, 0.25) is 0 Å². The molecule has 0 amide bonds. The van der Waals surface area contributed by atoms with Crippen LogP contribution in [-0.4, -0.2) is 36.5 Å². The number of rotatable bonds is 13. The Morgan fingerprint density at radius 1 is 0.968 bits per heavy atom. The first-order valence-corrected chi connectivity index (χ1v) is 10.9. The molecular formula is C25H33NO5. The third kappa shape index (κ3) is 6.82. The summed E-state index contributed by atoms with van der Waals surface area (Å²) >= 11 is 0. The van der Waals surface area contributed by atoms with Crippen LogP contribution in [0.3, 0.4) is 0 Å². The molecule has 0 radical (unpaired) electrons. The van der Waals surface area contributed by atoms with E-state index in [2.05, 4.69) is 13.8 Å². The van der Waals surface area contributed by atoms with Gasteiger partial charge < -0.3 is 20.3 Å². The monoisotopic (exact) mass is 427 g/mol. The summed E-state index contributed by atoms with van der Waals surface area (Å²) in [7, 11) is 0. The molecule has 0 spiro atoms. The highest BCUT2D eigenvalue weighted by Gasteiger charge is 2.13. The molecule has 0 bridgehead atoms. The molecule has 0 aliphatic rings. The molecule has 0 heterocycles. The van der Waals surface area contributed by atoms with Gasteiger partial charge in [-0.25, -0.2) is 0 Å². The fraction of sp³-hybridized carbons (Fsp3) is 0.440. The predicted octanol–water partition coefficient (Wildman–Crippen LogP) is 4.40. The molecule has 6 heteroatoms. The Kier molecular flexibility index (Phi) is 9.53. The molecule has 0 atom stereocenters. The highest BCUT2D eigenvalue weighted by Crippen LogP contribution is 2.27. The number of hydrogen-bond acceptors (Lipinski definition) is 6. The van der Waals surface area contributed by atoms with Gasteiger partial charge in [0, 0.05) is 29.3 Å². The number of aliphatic hydroxyl groups is 1. The number of aliphatic hydroxyl groups excluding tert-OH is 1. The second-order valence-electron chi connectivity index (χ2n) is 7.56. The van der Waals surface area contributed by atoms with Crippen molar-refractivity contribution < 1.29 is 24.2 Å². The number of hydrogen-bond donors (Lipinski definition) is 2. The minimum atomic E-state index is -0.499. The van der Waals surface area contributed by atoms with Crippen molar-refractivity contribution in [1.29, 1.82) is 0 Å². The number of benzene rings is 2. The number of carbonyl (C=O) groups is 2. The second kappa shape index (κ2) is 12.1. The molecule has 0 saturated heterocycles. The van der Waals surface area contributed by atoms with E-state index in [0.717, 1.165) is 42.6 Å². The molecule has 168 valence electrons. The Balaban J connectivity index is 1.95. The molecule has 0 saturated carbocycles. The summed E-state index contributed by atoms with van der Waals surface area (Å²) in [5, 5.41) is 9.06. The number of Topliss-reactive ketones (excluding diaryl/α,β-unsaturated/α-hetero) is 2. The largest absolute Gasteiger partial charge is 0.493 e. The van der Waals surface area contributed by atoms with E-state index in [4.69, 9.17) is 20.3 Å². The zero-order valence-corrected chi connectivity index (χ0v) is 18.7. The van der Waals surface area contributed by atoms with Crippen molar-refractivity contribution >= 4 is 17.3 Å². The highest BCUT2D eigenvalue weighted by atomic mass is 16.5. The average Bonchev–Trinajstić information content (AvgIpc) is 2.73. The Morgan fingerprint density at radius 3 is 2.29 bits per heavy atom. The number of aryl methyl sites for hydroxylation is 2. The van der Waals surface area contributed by atoms with Crippen LogP contribution >= 0.6 is 0 Å². The van der Waals surface area contributed by atoms with E-state index in [1.807, 2.05) is 6.07 Å². The van der Waals surface area contributed by atoms with Crippen LogP contribution in [0, 0.1) is 0 Å². The fourth-order valence-corrected chi connectivity index (χ4v) is 3.56. The first-order chi connectivity index (χ1) is 14.9. The summed E-state index contributed by atoms with van der Waals surface area (Å²) in [5.74, 6) is 1.08. The number of ether oxygens (including phenoxy) is 2. The molecule has 2 aromatic rings. The Bertz CT molecular complexity index is 907. The number of nitrogens with two attached hydrogens (primary N) is 1. The molecule has 2 aromatic carbocycles. The quantitative estimate of drug-likeness (QED) is 0.279. The second-order valence-corrected chi connectivity index (χ2v) is 7.56. The van der Waals surface area contributed by atoms with Crippen molar-refractivity contribution in [2.75, 3.05) is 25.6 Å². The van der Waals surface area contributed by atoms with Crippen molar-refractivity contribution in [2.45, 2.75) is 52.9 Å². The van der Waals surface area contributed by atoms with Gasteiger partial charge in [0.1, 0.15) is 18.1 Å². The molecule has 0 fully saturated rings. The van der Waals surface area contributed by atoms with E-state index in [-0.39, 0.29) is 11.6 Å². The molecule has 0 aliphatic heterocycles. The van der Waals surface area contributed by atoms with E-state index >= 15 is 0 Å². The van der Waals surface area contributed by atoms with Gasteiger partial charge in [-0.1, -0.05) is 26.7 Å². The van der Waals surface area contributed by atoms with Gasteiger partial charge >= 0.3 is 0 Å². The van der Waals surface area contributed by atoms with Crippen molar-refractivity contribution in [3.05, 3.63) is 52.6 Å². The van der Waals surface area contributed by atoms with Gasteiger partial charge in [0.2, 0.25) is 0 Å². The van der Waals surface area contributed by atoms with Gasteiger partial charge in [-0.3, -0.25) is 9.59 Å². The predicted molar refractivity (Wildman–Crippen MR) is 122 cm³/mol. The number of nitrogen functional groups attached to an aromatic ring is 1. The molecular weight excluding hydrogens is 394 g/mol. The summed E-state index contributed by atoms with van der Waals surface area (Å²) < 4.78 is 11.8. The first kappa shape index (κ1) is 24.4. The maximum Gasteiger partial charge on any atom is 0.188 e. The molecule has 3 N–H and O–H groups in total. The highest BCUT2D eigenvalue weighted by molar-refractivity contribution is 6.01. The minimum absolute atomic E-state index is 0.0320. The zero-order chi connectivity index (χ0) is 22.8. The average molecular weight is 428 g/mol. The van der Waals surface area contributed by atoms with E-state index in [0.29, 0.717) is 42.2 Å². The fourth-order valence-electron chi connectivity index (χ4n) is 3.56. The van der Waals surface area contributed by atoms with Crippen LogP contribution < -0.4 is 15.2 Å². The van der Waals surface area contributed by atoms with Crippen LogP contribution in [0.5, 0.6) is 11.5 Å². The summed E-state index contributed by atoms with van der Waals surface area (Å²) in [6.45, 7) is 6.07. The van der Waals surface area contributed by atoms with Gasteiger partial charge in [0.15, 0.2) is 11.6 Å². The van der Waals surface area contributed by atoms with E-state index in [9.17, 15) is 9.59 Å². The Morgan fingerprint density at radius 2 is 1.65 bits per heavy atom. The third-order valence-corrected chi connectivity index (χ3v) is 4.96. The van der Waals surface area contributed by atoms with Gasteiger partial charge in [-0.05, 0) is 55.2 Å². The SMILES string of the molecule is CCCc1cc(C(=O)CO)ccc1OCCCOc1cc(N)c(C(C)=O)c(CCC)c1. The first-order valence-electron chi connectivity index (χ1n) is 10.9. The maximum absolute atomic E-state index is 11.9. The van der Waals surface area contributed by atoms with Crippen LogP contribution in [0.4, 0.5) is 5.69 Å². The zero-order valence-electron chi connectivity index (χ0n) is 18.7.